The van der Waals surface area contributed by atoms with E-state index in [0.29, 0.717) is 11.4 Å². The van der Waals surface area contributed by atoms with Gasteiger partial charge in [0.05, 0.1) is 6.04 Å². The van der Waals surface area contributed by atoms with Crippen LogP contribution in [-0.4, -0.2) is 12.0 Å². The number of benzene rings is 3. The van der Waals surface area contributed by atoms with Crippen LogP contribution in [0.25, 0.3) is 0 Å². The first-order valence-corrected chi connectivity index (χ1v) is 9.83. The SMILES string of the molecule is CC(C)(C)C(=O)Nc1cccc(OC(=O)NC(c2ccccc2)c2ccccc2)c1. The summed E-state index contributed by atoms with van der Waals surface area (Å²) in [5.74, 6) is 0.233. The van der Waals surface area contributed by atoms with Gasteiger partial charge in [0, 0.05) is 17.2 Å². The van der Waals surface area contributed by atoms with Crippen molar-refractivity contribution in [3.8, 4) is 5.75 Å². The highest BCUT2D eigenvalue weighted by Crippen LogP contribution is 2.24. The third kappa shape index (κ3) is 5.70. The molecule has 3 rings (SSSR count). The molecule has 0 atom stereocenters. The Morgan fingerprint density at radius 2 is 1.37 bits per heavy atom. The van der Waals surface area contributed by atoms with Gasteiger partial charge in [-0.25, -0.2) is 4.79 Å². The number of amides is 2. The Hall–Kier alpha value is -3.60. The van der Waals surface area contributed by atoms with Crippen LogP contribution >= 0.6 is 0 Å². The molecular weight excluding hydrogens is 376 g/mol. The summed E-state index contributed by atoms with van der Waals surface area (Å²) >= 11 is 0. The van der Waals surface area contributed by atoms with Gasteiger partial charge in [-0.3, -0.25) is 4.79 Å². The van der Waals surface area contributed by atoms with E-state index in [1.54, 1.807) is 24.3 Å². The number of rotatable bonds is 5. The molecule has 3 aromatic carbocycles. The molecule has 0 spiro atoms. The summed E-state index contributed by atoms with van der Waals surface area (Å²) in [7, 11) is 0. The van der Waals surface area contributed by atoms with Crippen molar-refractivity contribution in [3.05, 3.63) is 96.1 Å². The molecule has 2 amide bonds. The number of nitrogens with one attached hydrogen (secondary N) is 2. The molecule has 0 saturated carbocycles. The molecule has 0 aliphatic rings. The van der Waals surface area contributed by atoms with Crippen LogP contribution in [0.4, 0.5) is 10.5 Å². The number of hydrogen-bond donors (Lipinski definition) is 2. The largest absolute Gasteiger partial charge is 0.413 e. The molecule has 0 bridgehead atoms. The van der Waals surface area contributed by atoms with E-state index in [4.69, 9.17) is 4.74 Å². The summed E-state index contributed by atoms with van der Waals surface area (Å²) in [4.78, 5) is 24.8. The lowest BCUT2D eigenvalue weighted by Gasteiger charge is -2.20. The number of carbonyl (C=O) groups excluding carboxylic acids is 2. The fraction of sp³-hybridized carbons (Fsp3) is 0.200. The number of anilines is 1. The summed E-state index contributed by atoms with van der Waals surface area (Å²) in [6.45, 7) is 5.51. The van der Waals surface area contributed by atoms with Crippen LogP contribution in [0.5, 0.6) is 5.75 Å². The van der Waals surface area contributed by atoms with Crippen LogP contribution in [0.2, 0.25) is 0 Å². The first-order chi connectivity index (χ1) is 14.3. The van der Waals surface area contributed by atoms with E-state index in [1.807, 2.05) is 81.4 Å². The highest BCUT2D eigenvalue weighted by Gasteiger charge is 2.21. The average Bonchev–Trinajstić information content (AvgIpc) is 2.73. The minimum atomic E-state index is -0.577. The summed E-state index contributed by atoms with van der Waals surface area (Å²) in [5, 5.41) is 5.77. The second-order valence-corrected chi connectivity index (χ2v) is 8.02. The Balaban J connectivity index is 1.73. The van der Waals surface area contributed by atoms with Crippen LogP contribution in [-0.2, 0) is 4.79 Å². The van der Waals surface area contributed by atoms with E-state index in [1.165, 1.54) is 0 Å². The highest BCUT2D eigenvalue weighted by atomic mass is 16.6. The standard InChI is InChI=1S/C25H26N2O3/c1-25(2,3)23(28)26-20-15-10-16-21(17-20)30-24(29)27-22(18-11-6-4-7-12-18)19-13-8-5-9-14-19/h4-17,22H,1-3H3,(H,26,28)(H,27,29). The fourth-order valence-corrected chi connectivity index (χ4v) is 2.86. The zero-order chi connectivity index (χ0) is 21.6. The minimum absolute atomic E-state index is 0.114. The van der Waals surface area contributed by atoms with Crippen molar-refractivity contribution in [2.75, 3.05) is 5.32 Å². The monoisotopic (exact) mass is 402 g/mol. The molecule has 3 aromatic rings. The third-order valence-corrected chi connectivity index (χ3v) is 4.51. The van der Waals surface area contributed by atoms with Crippen molar-refractivity contribution < 1.29 is 14.3 Å². The van der Waals surface area contributed by atoms with Crippen molar-refractivity contribution >= 4 is 17.7 Å². The van der Waals surface area contributed by atoms with Crippen LogP contribution < -0.4 is 15.4 Å². The lowest BCUT2D eigenvalue weighted by molar-refractivity contribution is -0.123. The predicted octanol–water partition coefficient (Wildman–Crippen LogP) is 5.55. The molecule has 30 heavy (non-hydrogen) atoms. The lowest BCUT2D eigenvalue weighted by Crippen LogP contribution is -2.32. The van der Waals surface area contributed by atoms with Gasteiger partial charge < -0.3 is 15.4 Å². The first-order valence-electron chi connectivity index (χ1n) is 9.83. The zero-order valence-corrected chi connectivity index (χ0v) is 17.4. The summed E-state index contributed by atoms with van der Waals surface area (Å²) in [6.07, 6.45) is -0.577. The van der Waals surface area contributed by atoms with E-state index >= 15 is 0 Å². The van der Waals surface area contributed by atoms with E-state index in [2.05, 4.69) is 10.6 Å². The lowest BCUT2D eigenvalue weighted by atomic mass is 9.95. The molecule has 0 aliphatic carbocycles. The molecule has 0 fully saturated rings. The Labute approximate surface area is 177 Å². The molecule has 0 radical (unpaired) electrons. The molecule has 5 nitrogen and oxygen atoms in total. The molecular formula is C25H26N2O3. The molecule has 0 aliphatic heterocycles. The van der Waals surface area contributed by atoms with Crippen molar-refractivity contribution in [2.45, 2.75) is 26.8 Å². The average molecular weight is 402 g/mol. The predicted molar refractivity (Wildman–Crippen MR) is 118 cm³/mol. The van der Waals surface area contributed by atoms with E-state index in [0.717, 1.165) is 11.1 Å². The second kappa shape index (κ2) is 9.27. The molecule has 0 aromatic heterocycles. The van der Waals surface area contributed by atoms with Gasteiger partial charge in [-0.1, -0.05) is 87.5 Å². The maximum atomic E-state index is 12.6. The van der Waals surface area contributed by atoms with Crippen LogP contribution in [0.1, 0.15) is 37.9 Å². The second-order valence-electron chi connectivity index (χ2n) is 8.02. The van der Waals surface area contributed by atoms with Crippen molar-refractivity contribution in [2.24, 2.45) is 5.41 Å². The first kappa shape index (κ1) is 21.1. The van der Waals surface area contributed by atoms with Gasteiger partial charge >= 0.3 is 6.09 Å². The number of carbonyl (C=O) groups is 2. The van der Waals surface area contributed by atoms with Crippen LogP contribution in [0, 0.1) is 5.41 Å². The molecule has 2 N–H and O–H groups in total. The van der Waals surface area contributed by atoms with Gasteiger partial charge in [0.15, 0.2) is 0 Å². The fourth-order valence-electron chi connectivity index (χ4n) is 2.86. The quantitative estimate of drug-likeness (QED) is 0.588. The van der Waals surface area contributed by atoms with Crippen molar-refractivity contribution in [3.63, 3.8) is 0 Å². The van der Waals surface area contributed by atoms with Crippen molar-refractivity contribution in [1.82, 2.24) is 5.32 Å². The van der Waals surface area contributed by atoms with Gasteiger partial charge in [0.2, 0.25) is 5.91 Å². The van der Waals surface area contributed by atoms with Crippen molar-refractivity contribution in [1.29, 1.82) is 0 Å². The molecule has 5 heteroatoms. The summed E-state index contributed by atoms with van der Waals surface area (Å²) < 4.78 is 5.49. The minimum Gasteiger partial charge on any atom is -0.410 e. The Morgan fingerprint density at radius 1 is 0.800 bits per heavy atom. The van der Waals surface area contributed by atoms with Crippen LogP contribution in [0.3, 0.4) is 0 Å². The molecule has 0 heterocycles. The number of hydrogen-bond acceptors (Lipinski definition) is 3. The molecule has 0 saturated heterocycles. The highest BCUT2D eigenvalue weighted by molar-refractivity contribution is 5.94. The maximum absolute atomic E-state index is 12.6. The Bertz CT molecular complexity index is 956. The number of ether oxygens (including phenoxy) is 1. The maximum Gasteiger partial charge on any atom is 0.413 e. The van der Waals surface area contributed by atoms with Gasteiger partial charge in [-0.05, 0) is 23.3 Å². The van der Waals surface area contributed by atoms with E-state index < -0.39 is 11.5 Å². The molecule has 0 unspecified atom stereocenters. The Kier molecular flexibility index (Phi) is 6.52. The smallest absolute Gasteiger partial charge is 0.410 e. The van der Waals surface area contributed by atoms with Gasteiger partial charge in [-0.2, -0.15) is 0 Å². The summed E-state index contributed by atoms with van der Waals surface area (Å²) in [5.41, 5.74) is 1.95. The third-order valence-electron chi connectivity index (χ3n) is 4.51. The molecule has 154 valence electrons. The van der Waals surface area contributed by atoms with Gasteiger partial charge in [0.1, 0.15) is 5.75 Å². The van der Waals surface area contributed by atoms with Gasteiger partial charge in [0.25, 0.3) is 0 Å². The van der Waals surface area contributed by atoms with E-state index in [-0.39, 0.29) is 11.9 Å². The van der Waals surface area contributed by atoms with Gasteiger partial charge in [-0.15, -0.1) is 0 Å². The Morgan fingerprint density at radius 3 is 1.90 bits per heavy atom. The topological polar surface area (TPSA) is 67.4 Å². The van der Waals surface area contributed by atoms with E-state index in [9.17, 15) is 9.59 Å². The zero-order valence-electron chi connectivity index (χ0n) is 17.4. The van der Waals surface area contributed by atoms with Crippen LogP contribution in [0.15, 0.2) is 84.9 Å². The normalized spacial score (nSPS) is 11.1. The summed E-state index contributed by atoms with van der Waals surface area (Å²) in [6, 6.07) is 25.9.